The average Bonchev–Trinajstić information content (AvgIpc) is 2.89. The molecule has 0 heterocycles. The molecule has 0 aliphatic carbocycles. The van der Waals surface area contributed by atoms with Crippen LogP contribution in [0.5, 0.6) is 17.2 Å². The van der Waals surface area contributed by atoms with Gasteiger partial charge in [0.05, 0.1) is 24.4 Å². The van der Waals surface area contributed by atoms with Crippen molar-refractivity contribution in [2.75, 3.05) is 20.3 Å². The number of rotatable bonds is 12. The Kier molecular flexibility index (Phi) is 10.8. The van der Waals surface area contributed by atoms with Gasteiger partial charge in [0.15, 0.2) is 11.5 Å². The van der Waals surface area contributed by atoms with Gasteiger partial charge < -0.3 is 19.5 Å². The molecule has 0 fully saturated rings. The van der Waals surface area contributed by atoms with Gasteiger partial charge in [0.1, 0.15) is 12.4 Å². The molecule has 0 unspecified atom stereocenters. The Bertz CT molecular complexity index is 1250. The van der Waals surface area contributed by atoms with E-state index in [1.807, 2.05) is 31.2 Å². The molecule has 0 aliphatic rings. The number of hydrogen-bond acceptors (Lipinski definition) is 6. The summed E-state index contributed by atoms with van der Waals surface area (Å²) in [6.45, 7) is 2.76. The van der Waals surface area contributed by atoms with E-state index in [-0.39, 0.29) is 31.4 Å². The van der Waals surface area contributed by atoms with Crippen molar-refractivity contribution >= 4 is 45.6 Å². The number of hydrazone groups is 1. The van der Waals surface area contributed by atoms with Gasteiger partial charge in [-0.25, -0.2) is 5.43 Å². The molecule has 0 atom stereocenters. The number of carbonyl (C=O) groups excluding carboxylic acids is 2. The molecule has 0 aromatic heterocycles. The molecule has 8 nitrogen and oxygen atoms in total. The van der Waals surface area contributed by atoms with Crippen molar-refractivity contribution < 1.29 is 23.8 Å². The highest BCUT2D eigenvalue weighted by atomic mass is 79.9. The summed E-state index contributed by atoms with van der Waals surface area (Å²) in [4.78, 5) is 24.3. The monoisotopic (exact) mass is 587 g/mol. The molecule has 0 spiro atoms. The number of methoxy groups -OCH3 is 1. The highest BCUT2D eigenvalue weighted by Crippen LogP contribution is 2.37. The number of amides is 2. The number of nitrogens with zero attached hydrogens (tertiary/aromatic N) is 1. The Hall–Kier alpha value is -3.56. The minimum atomic E-state index is -0.338. The topological polar surface area (TPSA) is 98.2 Å². The van der Waals surface area contributed by atoms with Crippen molar-refractivity contribution in [3.8, 4) is 17.2 Å². The smallest absolute Gasteiger partial charge is 0.251 e. The lowest BCUT2D eigenvalue weighted by molar-refractivity contribution is -0.120. The predicted octanol–water partition coefficient (Wildman–Crippen LogP) is 5.36. The highest BCUT2D eigenvalue weighted by molar-refractivity contribution is 9.10. The largest absolute Gasteiger partial charge is 0.497 e. The summed E-state index contributed by atoms with van der Waals surface area (Å²) in [6.07, 6.45) is 1.57. The molecule has 0 saturated carbocycles. The zero-order valence-electron chi connectivity index (χ0n) is 20.4. The van der Waals surface area contributed by atoms with Gasteiger partial charge >= 0.3 is 0 Å². The maximum atomic E-state index is 12.2. The average molecular weight is 589 g/mol. The predicted molar refractivity (Wildman–Crippen MR) is 147 cm³/mol. The van der Waals surface area contributed by atoms with Gasteiger partial charge in [0.25, 0.3) is 5.91 Å². The van der Waals surface area contributed by atoms with E-state index < -0.39 is 0 Å². The fourth-order valence-electron chi connectivity index (χ4n) is 3.20. The van der Waals surface area contributed by atoms with Crippen molar-refractivity contribution in [1.82, 2.24) is 10.7 Å². The summed E-state index contributed by atoms with van der Waals surface area (Å²) >= 11 is 9.75. The van der Waals surface area contributed by atoms with Crippen molar-refractivity contribution in [2.45, 2.75) is 20.0 Å². The molecule has 0 radical (unpaired) electrons. The van der Waals surface area contributed by atoms with Gasteiger partial charge in [-0.05, 0) is 70.9 Å². The van der Waals surface area contributed by atoms with E-state index in [1.54, 1.807) is 43.5 Å². The standard InChI is InChI=1S/C27H27BrClN3O5/c1-3-36-24-15-18(14-22(28)26(24)37-17-20-6-4-5-7-23(20)29)16-31-32-25(33)12-13-30-27(34)19-8-10-21(35-2)11-9-19/h4-11,14-16H,3,12-13,17H2,1-2H3,(H,30,34)(H,32,33). The SMILES string of the molecule is CCOc1cc(C=NNC(=O)CCNC(=O)c2ccc(OC)cc2)cc(Br)c1OCc1ccccc1Cl. The minimum Gasteiger partial charge on any atom is -0.497 e. The van der Waals surface area contributed by atoms with Crippen LogP contribution in [0.25, 0.3) is 0 Å². The van der Waals surface area contributed by atoms with Crippen LogP contribution in [0.15, 0.2) is 70.2 Å². The van der Waals surface area contributed by atoms with Crippen LogP contribution in [0.2, 0.25) is 5.02 Å². The summed E-state index contributed by atoms with van der Waals surface area (Å²) in [7, 11) is 1.56. The normalized spacial score (nSPS) is 10.7. The lowest BCUT2D eigenvalue weighted by Crippen LogP contribution is -2.29. The maximum Gasteiger partial charge on any atom is 0.251 e. The van der Waals surface area contributed by atoms with E-state index >= 15 is 0 Å². The highest BCUT2D eigenvalue weighted by Gasteiger charge is 2.13. The molecule has 0 bridgehead atoms. The van der Waals surface area contributed by atoms with Crippen molar-refractivity contribution in [1.29, 1.82) is 0 Å². The van der Waals surface area contributed by atoms with Crippen LogP contribution >= 0.6 is 27.5 Å². The van der Waals surface area contributed by atoms with Crippen LogP contribution in [0.4, 0.5) is 0 Å². The summed E-state index contributed by atoms with van der Waals surface area (Å²) in [6, 6.07) is 17.7. The van der Waals surface area contributed by atoms with Crippen LogP contribution in [0.1, 0.15) is 34.8 Å². The molecule has 2 amide bonds. The second-order valence-electron chi connectivity index (χ2n) is 7.67. The lowest BCUT2D eigenvalue weighted by Gasteiger charge is -2.15. The Morgan fingerprint density at radius 2 is 1.84 bits per heavy atom. The Morgan fingerprint density at radius 3 is 2.54 bits per heavy atom. The van der Waals surface area contributed by atoms with E-state index in [0.717, 1.165) is 5.56 Å². The summed E-state index contributed by atoms with van der Waals surface area (Å²) in [5.41, 5.74) is 4.48. The first-order valence-electron chi connectivity index (χ1n) is 11.5. The van der Waals surface area contributed by atoms with Crippen LogP contribution < -0.4 is 25.0 Å². The number of hydrogen-bond donors (Lipinski definition) is 2. The zero-order valence-corrected chi connectivity index (χ0v) is 22.8. The molecule has 0 aliphatic heterocycles. The van der Waals surface area contributed by atoms with Gasteiger partial charge in [-0.2, -0.15) is 5.10 Å². The molecule has 10 heteroatoms. The Balaban J connectivity index is 1.52. The Morgan fingerprint density at radius 1 is 1.08 bits per heavy atom. The quantitative estimate of drug-likeness (QED) is 0.219. The van der Waals surface area contributed by atoms with Gasteiger partial charge in [0, 0.05) is 29.1 Å². The van der Waals surface area contributed by atoms with Crippen LogP contribution in [0.3, 0.4) is 0 Å². The molecule has 0 saturated heterocycles. The van der Waals surface area contributed by atoms with E-state index in [4.69, 9.17) is 25.8 Å². The molecular weight excluding hydrogens is 562 g/mol. The molecule has 3 aromatic carbocycles. The second kappa shape index (κ2) is 14.2. The van der Waals surface area contributed by atoms with Crippen molar-refractivity contribution in [2.24, 2.45) is 5.10 Å². The maximum absolute atomic E-state index is 12.2. The first-order valence-corrected chi connectivity index (χ1v) is 12.6. The van der Waals surface area contributed by atoms with Gasteiger partial charge in [-0.1, -0.05) is 29.8 Å². The molecule has 3 rings (SSSR count). The van der Waals surface area contributed by atoms with E-state index in [2.05, 4.69) is 31.8 Å². The molecule has 37 heavy (non-hydrogen) atoms. The van der Waals surface area contributed by atoms with Crippen molar-refractivity contribution in [3.63, 3.8) is 0 Å². The zero-order chi connectivity index (χ0) is 26.6. The number of nitrogens with one attached hydrogen (secondary N) is 2. The number of carbonyl (C=O) groups is 2. The Labute approximate surface area is 229 Å². The van der Waals surface area contributed by atoms with E-state index in [9.17, 15) is 9.59 Å². The second-order valence-corrected chi connectivity index (χ2v) is 8.93. The van der Waals surface area contributed by atoms with Crippen LogP contribution in [-0.2, 0) is 11.4 Å². The molecule has 3 aromatic rings. The summed E-state index contributed by atoms with van der Waals surface area (Å²) in [5, 5.41) is 7.33. The van der Waals surface area contributed by atoms with Gasteiger partial charge in [-0.15, -0.1) is 0 Å². The van der Waals surface area contributed by atoms with Crippen LogP contribution in [0, 0.1) is 0 Å². The summed E-state index contributed by atoms with van der Waals surface area (Å²) < 4.78 is 17.5. The first-order chi connectivity index (χ1) is 17.9. The number of halogens is 2. The number of ether oxygens (including phenoxy) is 3. The minimum absolute atomic E-state index is 0.0714. The third kappa shape index (κ3) is 8.51. The van der Waals surface area contributed by atoms with Gasteiger partial charge in [-0.3, -0.25) is 9.59 Å². The fourth-order valence-corrected chi connectivity index (χ4v) is 3.96. The van der Waals surface area contributed by atoms with Crippen LogP contribution in [-0.4, -0.2) is 38.3 Å². The lowest BCUT2D eigenvalue weighted by atomic mass is 10.2. The number of benzene rings is 3. The van der Waals surface area contributed by atoms with E-state index in [1.165, 1.54) is 6.21 Å². The summed E-state index contributed by atoms with van der Waals surface area (Å²) in [5.74, 6) is 1.11. The molecular formula is C27H27BrClN3O5. The molecule has 194 valence electrons. The molecule has 2 N–H and O–H groups in total. The van der Waals surface area contributed by atoms with Crippen molar-refractivity contribution in [3.05, 3.63) is 86.8 Å². The first kappa shape index (κ1) is 28.0. The van der Waals surface area contributed by atoms with E-state index in [0.29, 0.717) is 44.5 Å². The third-order valence-electron chi connectivity index (χ3n) is 5.05. The third-order valence-corrected chi connectivity index (χ3v) is 6.01. The fraction of sp³-hybridized carbons (Fsp3) is 0.222. The van der Waals surface area contributed by atoms with Gasteiger partial charge in [0.2, 0.25) is 5.91 Å².